The molecule has 3 rings (SSSR count). The van der Waals surface area contributed by atoms with Gasteiger partial charge in [-0.3, -0.25) is 0 Å². The molecule has 2 aromatic rings. The van der Waals surface area contributed by atoms with E-state index < -0.39 is 0 Å². The Morgan fingerprint density at radius 3 is 2.87 bits per heavy atom. The van der Waals surface area contributed by atoms with Crippen LogP contribution in [0.5, 0.6) is 0 Å². The normalized spacial score (nSPS) is 15.7. The van der Waals surface area contributed by atoms with Crippen molar-refractivity contribution in [2.75, 3.05) is 25.0 Å². The van der Waals surface area contributed by atoms with Crippen LogP contribution in [0, 0.1) is 6.92 Å². The second-order valence-electron chi connectivity index (χ2n) is 5.80. The van der Waals surface area contributed by atoms with Gasteiger partial charge in [0.05, 0.1) is 12.1 Å². The van der Waals surface area contributed by atoms with Crippen LogP contribution in [0.4, 0.5) is 10.6 Å². The van der Waals surface area contributed by atoms with Gasteiger partial charge < -0.3 is 15.0 Å². The van der Waals surface area contributed by atoms with Crippen molar-refractivity contribution in [2.45, 2.75) is 32.7 Å². The highest BCUT2D eigenvalue weighted by Gasteiger charge is 2.24. The van der Waals surface area contributed by atoms with Crippen molar-refractivity contribution in [1.29, 1.82) is 0 Å². The predicted molar refractivity (Wildman–Crippen MR) is 89.5 cm³/mol. The Labute approximate surface area is 135 Å². The van der Waals surface area contributed by atoms with Crippen LogP contribution in [0.1, 0.15) is 25.3 Å². The van der Waals surface area contributed by atoms with Crippen molar-refractivity contribution >= 4 is 22.8 Å². The van der Waals surface area contributed by atoms with E-state index in [-0.39, 0.29) is 6.09 Å². The van der Waals surface area contributed by atoms with E-state index in [4.69, 9.17) is 4.74 Å². The van der Waals surface area contributed by atoms with Crippen molar-refractivity contribution in [3.05, 3.63) is 30.1 Å². The molecule has 1 saturated heterocycles. The average Bonchev–Trinajstić information content (AvgIpc) is 2.56. The molecule has 0 saturated carbocycles. The molecule has 1 N–H and O–H groups in total. The fourth-order valence-electron chi connectivity index (χ4n) is 3.01. The summed E-state index contributed by atoms with van der Waals surface area (Å²) in [4.78, 5) is 22.3. The number of hydrogen-bond acceptors (Lipinski definition) is 5. The zero-order valence-corrected chi connectivity index (χ0v) is 13.6. The third-order valence-corrected chi connectivity index (χ3v) is 4.23. The summed E-state index contributed by atoms with van der Waals surface area (Å²) in [7, 11) is 0. The lowest BCUT2D eigenvalue weighted by Crippen LogP contribution is -2.42. The quantitative estimate of drug-likeness (QED) is 0.943. The number of carbonyl (C=O) groups excluding carboxylic acids is 1. The van der Waals surface area contributed by atoms with Crippen molar-refractivity contribution < 1.29 is 9.53 Å². The van der Waals surface area contributed by atoms with E-state index in [0.717, 1.165) is 35.1 Å². The number of anilines is 1. The number of rotatable bonds is 3. The minimum atomic E-state index is -0.214. The van der Waals surface area contributed by atoms with Gasteiger partial charge in [-0.25, -0.2) is 14.8 Å². The third-order valence-electron chi connectivity index (χ3n) is 4.23. The number of hydrogen-bond donors (Lipinski definition) is 1. The molecule has 1 aromatic carbocycles. The van der Waals surface area contributed by atoms with Gasteiger partial charge >= 0.3 is 6.09 Å². The van der Waals surface area contributed by atoms with E-state index in [2.05, 4.69) is 28.3 Å². The van der Waals surface area contributed by atoms with Crippen molar-refractivity contribution in [2.24, 2.45) is 0 Å². The highest BCUT2D eigenvalue weighted by atomic mass is 16.6. The Balaban J connectivity index is 1.69. The maximum Gasteiger partial charge on any atom is 0.409 e. The van der Waals surface area contributed by atoms with E-state index in [1.165, 1.54) is 0 Å². The van der Waals surface area contributed by atoms with E-state index in [1.807, 2.05) is 19.1 Å². The lowest BCUT2D eigenvalue weighted by Gasteiger charge is -2.32. The molecule has 0 atom stereocenters. The molecular weight excluding hydrogens is 292 g/mol. The Hall–Kier alpha value is -2.37. The van der Waals surface area contributed by atoms with E-state index in [1.54, 1.807) is 11.2 Å². The fraction of sp³-hybridized carbons (Fsp3) is 0.471. The molecule has 1 aliphatic rings. The molecule has 0 spiro atoms. The summed E-state index contributed by atoms with van der Waals surface area (Å²) in [6.45, 7) is 5.73. The average molecular weight is 314 g/mol. The van der Waals surface area contributed by atoms with E-state index >= 15 is 0 Å². The molecule has 23 heavy (non-hydrogen) atoms. The Morgan fingerprint density at radius 1 is 1.35 bits per heavy atom. The summed E-state index contributed by atoms with van der Waals surface area (Å²) in [6, 6.07) is 6.38. The highest BCUT2D eigenvalue weighted by Crippen LogP contribution is 2.25. The third kappa shape index (κ3) is 3.36. The number of aromatic nitrogens is 2. The molecule has 1 amide bonds. The summed E-state index contributed by atoms with van der Waals surface area (Å²) in [5.41, 5.74) is 2.11. The van der Waals surface area contributed by atoms with Crippen LogP contribution >= 0.6 is 0 Å². The molecule has 6 nitrogen and oxygen atoms in total. The number of ether oxygens (including phenoxy) is 1. The van der Waals surface area contributed by atoms with Crippen molar-refractivity contribution in [1.82, 2.24) is 14.9 Å². The number of piperidine rings is 1. The molecular formula is C17H22N4O2. The SMILES string of the molecule is CCOC(=O)N1CCC(Nc2ncnc3cccc(C)c23)CC1. The molecule has 1 aromatic heterocycles. The molecule has 1 fully saturated rings. The standard InChI is InChI=1S/C17H22N4O2/c1-3-23-17(22)21-9-7-13(8-10-21)20-16-15-12(2)5-4-6-14(15)18-11-19-16/h4-6,11,13H,3,7-10H2,1-2H3,(H,18,19,20). The lowest BCUT2D eigenvalue weighted by atomic mass is 10.0. The van der Waals surface area contributed by atoms with E-state index in [9.17, 15) is 4.79 Å². The highest BCUT2D eigenvalue weighted by molar-refractivity contribution is 5.91. The summed E-state index contributed by atoms with van der Waals surface area (Å²) in [6.07, 6.45) is 3.15. The van der Waals surface area contributed by atoms with Crippen molar-refractivity contribution in [3.8, 4) is 0 Å². The number of benzene rings is 1. The first-order chi connectivity index (χ1) is 11.2. The first kappa shape index (κ1) is 15.5. The Morgan fingerprint density at radius 2 is 2.13 bits per heavy atom. The van der Waals surface area contributed by atoms with Crippen LogP contribution in [0.3, 0.4) is 0 Å². The van der Waals surface area contributed by atoms with Gasteiger partial charge in [0.2, 0.25) is 0 Å². The lowest BCUT2D eigenvalue weighted by molar-refractivity contribution is 0.0983. The van der Waals surface area contributed by atoms with Gasteiger partial charge in [-0.15, -0.1) is 0 Å². The van der Waals surface area contributed by atoms with Crippen LogP contribution in [-0.2, 0) is 4.74 Å². The largest absolute Gasteiger partial charge is 0.450 e. The number of fused-ring (bicyclic) bond motifs is 1. The molecule has 6 heteroatoms. The smallest absolute Gasteiger partial charge is 0.409 e. The predicted octanol–water partition coefficient (Wildman–Crippen LogP) is 2.97. The fourth-order valence-corrected chi connectivity index (χ4v) is 3.01. The maximum atomic E-state index is 11.7. The number of nitrogens with zero attached hydrogens (tertiary/aromatic N) is 3. The maximum absolute atomic E-state index is 11.7. The summed E-state index contributed by atoms with van der Waals surface area (Å²) in [5.74, 6) is 0.877. The molecule has 122 valence electrons. The zero-order chi connectivity index (χ0) is 16.2. The first-order valence-electron chi connectivity index (χ1n) is 8.07. The molecule has 0 bridgehead atoms. The summed E-state index contributed by atoms with van der Waals surface area (Å²) >= 11 is 0. The topological polar surface area (TPSA) is 67.3 Å². The van der Waals surface area contributed by atoms with Crippen molar-refractivity contribution in [3.63, 3.8) is 0 Å². The van der Waals surface area contributed by atoms with Crippen LogP contribution in [0.2, 0.25) is 0 Å². The molecule has 0 unspecified atom stereocenters. The molecule has 0 aliphatic carbocycles. The number of carbonyl (C=O) groups is 1. The van der Waals surface area contributed by atoms with Gasteiger partial charge in [0.25, 0.3) is 0 Å². The minimum Gasteiger partial charge on any atom is -0.450 e. The van der Waals surface area contributed by atoms with Gasteiger partial charge in [-0.2, -0.15) is 0 Å². The second kappa shape index (κ2) is 6.81. The summed E-state index contributed by atoms with van der Waals surface area (Å²) < 4.78 is 5.05. The van der Waals surface area contributed by atoms with Gasteiger partial charge in [-0.1, -0.05) is 12.1 Å². The molecule has 0 radical (unpaired) electrons. The zero-order valence-electron chi connectivity index (χ0n) is 13.6. The van der Waals surface area contributed by atoms with Gasteiger partial charge in [0.1, 0.15) is 12.1 Å². The second-order valence-corrected chi connectivity index (χ2v) is 5.80. The monoisotopic (exact) mass is 314 g/mol. The van der Waals surface area contributed by atoms with Crippen LogP contribution in [-0.4, -0.2) is 46.7 Å². The Kier molecular flexibility index (Phi) is 4.60. The van der Waals surface area contributed by atoms with E-state index in [0.29, 0.717) is 25.7 Å². The summed E-state index contributed by atoms with van der Waals surface area (Å²) in [5, 5.41) is 4.60. The number of aryl methyl sites for hydroxylation is 1. The van der Waals surface area contributed by atoms with Gasteiger partial charge in [-0.05, 0) is 38.3 Å². The molecule has 1 aliphatic heterocycles. The van der Waals surface area contributed by atoms with Crippen LogP contribution in [0.15, 0.2) is 24.5 Å². The molecule has 2 heterocycles. The first-order valence-corrected chi connectivity index (χ1v) is 8.07. The Bertz CT molecular complexity index is 691. The minimum absolute atomic E-state index is 0.214. The number of nitrogens with one attached hydrogen (secondary N) is 1. The van der Waals surface area contributed by atoms with Gasteiger partial charge in [0, 0.05) is 24.5 Å². The number of likely N-dealkylation sites (tertiary alicyclic amines) is 1. The van der Waals surface area contributed by atoms with Gasteiger partial charge in [0.15, 0.2) is 0 Å². The van der Waals surface area contributed by atoms with Crippen LogP contribution < -0.4 is 5.32 Å². The van der Waals surface area contributed by atoms with Crippen LogP contribution in [0.25, 0.3) is 10.9 Å². The number of amides is 1.